The van der Waals surface area contributed by atoms with Crippen molar-refractivity contribution in [2.45, 2.75) is 13.1 Å². The molecule has 2 aromatic carbocycles. The number of hydrogen-bond acceptors (Lipinski definition) is 5. The summed E-state index contributed by atoms with van der Waals surface area (Å²) in [5.74, 6) is 0.582. The summed E-state index contributed by atoms with van der Waals surface area (Å²) in [6.45, 7) is 2.03. The number of hydrazone groups is 1. The fraction of sp³-hybridized carbons (Fsp3) is 0.300. The van der Waals surface area contributed by atoms with E-state index in [1.165, 1.54) is 29.3 Å². The molecule has 0 aliphatic rings. The molecule has 0 unspecified atom stereocenters. The highest BCUT2D eigenvalue weighted by Crippen LogP contribution is 2.34. The van der Waals surface area contributed by atoms with E-state index in [1.807, 2.05) is 0 Å². The second-order valence-electron chi connectivity index (χ2n) is 6.13. The Labute approximate surface area is 166 Å². The molecule has 0 spiro atoms. The van der Waals surface area contributed by atoms with Gasteiger partial charge in [-0.2, -0.15) is 18.3 Å². The Balaban J connectivity index is 2.13. The number of alkyl halides is 3. The van der Waals surface area contributed by atoms with E-state index in [0.717, 1.165) is 6.07 Å². The van der Waals surface area contributed by atoms with Crippen LogP contribution < -0.4 is 14.9 Å². The number of para-hydroxylation sites is 1. The van der Waals surface area contributed by atoms with Crippen LogP contribution in [0, 0.1) is 0 Å². The third-order valence-electron chi connectivity index (χ3n) is 3.75. The third kappa shape index (κ3) is 6.41. The van der Waals surface area contributed by atoms with Crippen molar-refractivity contribution in [1.82, 2.24) is 4.90 Å². The van der Waals surface area contributed by atoms with Gasteiger partial charge in [0.2, 0.25) is 0 Å². The van der Waals surface area contributed by atoms with Crippen LogP contribution in [0.1, 0.15) is 18.1 Å². The van der Waals surface area contributed by atoms with Gasteiger partial charge in [-0.15, -0.1) is 0 Å². The van der Waals surface area contributed by atoms with Gasteiger partial charge in [-0.25, -0.2) is 0 Å². The highest BCUT2D eigenvalue weighted by molar-refractivity contribution is 5.82. The van der Waals surface area contributed by atoms with Crippen LogP contribution in [-0.2, 0) is 11.0 Å². The summed E-state index contributed by atoms with van der Waals surface area (Å²) in [6.07, 6.45) is -3.12. The van der Waals surface area contributed by atoms with Crippen LogP contribution in [0.25, 0.3) is 0 Å². The lowest BCUT2D eigenvalue weighted by molar-refractivity contribution is -0.137. The van der Waals surface area contributed by atoms with Crippen molar-refractivity contribution in [3.63, 3.8) is 0 Å². The lowest BCUT2D eigenvalue weighted by Crippen LogP contribution is -2.27. The zero-order valence-electron chi connectivity index (χ0n) is 16.3. The number of nitrogens with one attached hydrogen (secondary N) is 1. The Morgan fingerprint density at radius 3 is 2.52 bits per heavy atom. The number of likely N-dealkylation sites (N-methyl/N-ethyl adjacent to an activating group) is 1. The third-order valence-corrected chi connectivity index (χ3v) is 3.75. The van der Waals surface area contributed by atoms with Gasteiger partial charge in [0.05, 0.1) is 24.1 Å². The quantitative estimate of drug-likeness (QED) is 0.529. The van der Waals surface area contributed by atoms with Crippen LogP contribution in [0.3, 0.4) is 0 Å². The van der Waals surface area contributed by atoms with E-state index in [0.29, 0.717) is 23.7 Å². The molecule has 0 radical (unpaired) electrons. The van der Waals surface area contributed by atoms with E-state index in [1.54, 1.807) is 39.2 Å². The van der Waals surface area contributed by atoms with Crippen molar-refractivity contribution < 1.29 is 27.4 Å². The molecule has 0 aromatic heterocycles. The summed E-state index contributed by atoms with van der Waals surface area (Å²) in [5.41, 5.74) is 2.04. The molecule has 0 aliphatic heterocycles. The first-order valence-electron chi connectivity index (χ1n) is 8.77. The zero-order chi connectivity index (χ0) is 21.4. The van der Waals surface area contributed by atoms with Crippen molar-refractivity contribution in [3.8, 4) is 11.5 Å². The second kappa shape index (κ2) is 9.81. The molecule has 2 aromatic rings. The van der Waals surface area contributed by atoms with E-state index in [9.17, 15) is 18.0 Å². The van der Waals surface area contributed by atoms with Crippen molar-refractivity contribution in [2.24, 2.45) is 5.10 Å². The van der Waals surface area contributed by atoms with Gasteiger partial charge in [-0.1, -0.05) is 12.1 Å². The molecular formula is C20H22F3N3O3. The van der Waals surface area contributed by atoms with Gasteiger partial charge in [0, 0.05) is 14.1 Å². The van der Waals surface area contributed by atoms with Gasteiger partial charge in [0.1, 0.15) is 0 Å². The first-order chi connectivity index (χ1) is 13.7. The van der Waals surface area contributed by atoms with E-state index in [-0.39, 0.29) is 18.2 Å². The van der Waals surface area contributed by atoms with Crippen LogP contribution in [-0.4, -0.2) is 44.3 Å². The number of benzene rings is 2. The van der Waals surface area contributed by atoms with Crippen LogP contribution in [0.4, 0.5) is 18.9 Å². The lowest BCUT2D eigenvalue weighted by atomic mass is 10.2. The molecular weight excluding hydrogens is 387 g/mol. The van der Waals surface area contributed by atoms with E-state index >= 15 is 0 Å². The number of carbonyl (C=O) groups is 1. The highest BCUT2D eigenvalue weighted by atomic mass is 19.4. The monoisotopic (exact) mass is 409 g/mol. The summed E-state index contributed by atoms with van der Waals surface area (Å²) < 4.78 is 50.0. The lowest BCUT2D eigenvalue weighted by Gasteiger charge is -2.14. The van der Waals surface area contributed by atoms with E-state index in [2.05, 4.69) is 10.5 Å². The normalized spacial score (nSPS) is 11.4. The van der Waals surface area contributed by atoms with Gasteiger partial charge >= 0.3 is 6.18 Å². The Morgan fingerprint density at radius 1 is 1.14 bits per heavy atom. The number of anilines is 1. The largest absolute Gasteiger partial charge is 0.490 e. The Kier molecular flexibility index (Phi) is 7.46. The molecule has 0 saturated heterocycles. The molecule has 9 heteroatoms. The number of hydrogen-bond donors (Lipinski definition) is 1. The first-order valence-corrected chi connectivity index (χ1v) is 8.77. The number of rotatable bonds is 8. The molecule has 0 aliphatic carbocycles. The fourth-order valence-corrected chi connectivity index (χ4v) is 2.27. The molecule has 2 rings (SSSR count). The summed E-state index contributed by atoms with van der Waals surface area (Å²) in [7, 11) is 3.25. The molecule has 29 heavy (non-hydrogen) atoms. The Bertz CT molecular complexity index is 868. The number of carbonyl (C=O) groups excluding carboxylic acids is 1. The fourth-order valence-electron chi connectivity index (χ4n) is 2.27. The van der Waals surface area contributed by atoms with Crippen LogP contribution >= 0.6 is 0 Å². The number of amides is 1. The van der Waals surface area contributed by atoms with Crippen LogP contribution in [0.2, 0.25) is 0 Å². The SMILES string of the molecule is CCOc1cc(/C=N\Nc2ccccc2C(F)(F)F)ccc1OCC(=O)N(C)C. The minimum Gasteiger partial charge on any atom is -0.490 e. The maximum atomic E-state index is 13.0. The van der Waals surface area contributed by atoms with Gasteiger partial charge in [0.15, 0.2) is 18.1 Å². The average molecular weight is 409 g/mol. The number of halogens is 3. The zero-order valence-corrected chi connectivity index (χ0v) is 16.3. The predicted octanol–water partition coefficient (Wildman–Crippen LogP) is 4.02. The topological polar surface area (TPSA) is 63.2 Å². The minimum absolute atomic E-state index is 0.143. The number of ether oxygens (including phenoxy) is 2. The minimum atomic E-state index is -4.48. The summed E-state index contributed by atoms with van der Waals surface area (Å²) in [4.78, 5) is 13.1. The number of nitrogens with zero attached hydrogens (tertiary/aromatic N) is 2. The molecule has 1 amide bonds. The van der Waals surface area contributed by atoms with Crippen LogP contribution in [0.15, 0.2) is 47.6 Å². The van der Waals surface area contributed by atoms with Gasteiger partial charge in [0.25, 0.3) is 5.91 Å². The predicted molar refractivity (Wildman–Crippen MR) is 104 cm³/mol. The van der Waals surface area contributed by atoms with Crippen molar-refractivity contribution in [3.05, 3.63) is 53.6 Å². The summed E-state index contributed by atoms with van der Waals surface area (Å²) in [6, 6.07) is 9.96. The molecule has 0 heterocycles. The molecule has 6 nitrogen and oxygen atoms in total. The second-order valence-corrected chi connectivity index (χ2v) is 6.13. The smallest absolute Gasteiger partial charge is 0.418 e. The molecule has 0 saturated carbocycles. The summed E-state index contributed by atoms with van der Waals surface area (Å²) in [5, 5.41) is 3.88. The molecule has 1 N–H and O–H groups in total. The summed E-state index contributed by atoms with van der Waals surface area (Å²) >= 11 is 0. The molecule has 156 valence electrons. The van der Waals surface area contributed by atoms with E-state index < -0.39 is 11.7 Å². The van der Waals surface area contributed by atoms with Gasteiger partial charge in [-0.3, -0.25) is 10.2 Å². The molecule has 0 atom stereocenters. The highest BCUT2D eigenvalue weighted by Gasteiger charge is 2.33. The van der Waals surface area contributed by atoms with Crippen molar-refractivity contribution >= 4 is 17.8 Å². The van der Waals surface area contributed by atoms with Crippen LogP contribution in [0.5, 0.6) is 11.5 Å². The van der Waals surface area contributed by atoms with Gasteiger partial charge < -0.3 is 14.4 Å². The Morgan fingerprint density at radius 2 is 1.86 bits per heavy atom. The standard InChI is InChI=1S/C20H22F3N3O3/c1-4-28-18-11-14(9-10-17(18)29-13-19(27)26(2)3)12-24-25-16-8-6-5-7-15(16)20(21,22)23/h5-12,25H,4,13H2,1-3H3/b24-12-. The maximum Gasteiger partial charge on any atom is 0.418 e. The molecule has 0 fully saturated rings. The first kappa shape index (κ1) is 22.1. The Hall–Kier alpha value is -3.23. The van der Waals surface area contributed by atoms with Gasteiger partial charge in [-0.05, 0) is 42.8 Å². The van der Waals surface area contributed by atoms with Crippen molar-refractivity contribution in [2.75, 3.05) is 32.7 Å². The molecule has 0 bridgehead atoms. The average Bonchev–Trinajstić information content (AvgIpc) is 2.67. The maximum absolute atomic E-state index is 13.0. The van der Waals surface area contributed by atoms with Crippen molar-refractivity contribution in [1.29, 1.82) is 0 Å². The van der Waals surface area contributed by atoms with E-state index in [4.69, 9.17) is 9.47 Å².